The first-order valence-corrected chi connectivity index (χ1v) is 10.0. The molecule has 1 aliphatic rings. The summed E-state index contributed by atoms with van der Waals surface area (Å²) in [5, 5.41) is 4.38. The molecule has 0 saturated carbocycles. The fourth-order valence-electron chi connectivity index (χ4n) is 3.32. The SMILES string of the molecule is COCCOC(=O)C1=C(C)N(c2cccc(C)c2)C(=S)NC1c1cccc(Cl)c1. The van der Waals surface area contributed by atoms with E-state index in [9.17, 15) is 4.79 Å². The molecule has 0 aliphatic carbocycles. The predicted octanol–water partition coefficient (Wildman–Crippen LogP) is 4.55. The Morgan fingerprint density at radius 1 is 1.17 bits per heavy atom. The van der Waals surface area contributed by atoms with E-state index in [1.165, 1.54) is 0 Å². The molecule has 2 aromatic rings. The number of carbonyl (C=O) groups excluding carboxylic acids is 1. The lowest BCUT2D eigenvalue weighted by atomic mass is 9.94. The summed E-state index contributed by atoms with van der Waals surface area (Å²) in [6.45, 7) is 4.38. The van der Waals surface area contributed by atoms with Crippen molar-refractivity contribution in [3.05, 3.63) is 76.0 Å². The number of aryl methyl sites for hydroxylation is 1. The van der Waals surface area contributed by atoms with Gasteiger partial charge in [0, 0.05) is 23.5 Å². The summed E-state index contributed by atoms with van der Waals surface area (Å²) in [5.41, 5.74) is 4.01. The first-order chi connectivity index (χ1) is 13.9. The van der Waals surface area contributed by atoms with Gasteiger partial charge in [-0.15, -0.1) is 0 Å². The molecule has 1 aliphatic heterocycles. The number of methoxy groups -OCH3 is 1. The summed E-state index contributed by atoms with van der Waals surface area (Å²) < 4.78 is 10.4. The monoisotopic (exact) mass is 430 g/mol. The zero-order valence-corrected chi connectivity index (χ0v) is 18.1. The van der Waals surface area contributed by atoms with E-state index in [0.29, 0.717) is 28.0 Å². The van der Waals surface area contributed by atoms with Crippen LogP contribution in [-0.4, -0.2) is 31.4 Å². The molecule has 1 N–H and O–H groups in total. The van der Waals surface area contributed by atoms with Crippen LogP contribution in [0.15, 0.2) is 59.8 Å². The molecule has 1 atom stereocenters. The van der Waals surface area contributed by atoms with Crippen LogP contribution in [-0.2, 0) is 14.3 Å². The van der Waals surface area contributed by atoms with Gasteiger partial charge in [0.25, 0.3) is 0 Å². The third kappa shape index (κ3) is 4.78. The van der Waals surface area contributed by atoms with Gasteiger partial charge in [0.1, 0.15) is 6.61 Å². The molecule has 29 heavy (non-hydrogen) atoms. The number of carbonyl (C=O) groups is 1. The number of ether oxygens (including phenoxy) is 2. The van der Waals surface area contributed by atoms with Gasteiger partial charge in [-0.2, -0.15) is 0 Å². The van der Waals surface area contributed by atoms with E-state index in [0.717, 1.165) is 16.8 Å². The van der Waals surface area contributed by atoms with Crippen LogP contribution in [0.5, 0.6) is 0 Å². The number of benzene rings is 2. The Balaban J connectivity index is 2.08. The van der Waals surface area contributed by atoms with E-state index in [2.05, 4.69) is 5.32 Å². The highest BCUT2D eigenvalue weighted by Crippen LogP contribution is 2.35. The Bertz CT molecular complexity index is 961. The summed E-state index contributed by atoms with van der Waals surface area (Å²) in [4.78, 5) is 14.9. The van der Waals surface area contributed by atoms with Gasteiger partial charge in [-0.1, -0.05) is 35.9 Å². The van der Waals surface area contributed by atoms with Crippen molar-refractivity contribution in [1.82, 2.24) is 5.32 Å². The summed E-state index contributed by atoms with van der Waals surface area (Å²) in [7, 11) is 1.56. The molecule has 152 valence electrons. The second-order valence-electron chi connectivity index (χ2n) is 6.74. The molecule has 0 spiro atoms. The standard InChI is InChI=1S/C22H23ClN2O3S/c1-14-6-4-9-18(12-14)25-15(2)19(21(26)28-11-10-27-3)20(24-22(25)29)16-7-5-8-17(23)13-16/h4-9,12-13,20H,10-11H2,1-3H3,(H,24,29). The van der Waals surface area contributed by atoms with Crippen molar-refractivity contribution >= 4 is 40.6 Å². The minimum atomic E-state index is -0.461. The molecule has 7 heteroatoms. The number of nitrogens with one attached hydrogen (secondary N) is 1. The van der Waals surface area contributed by atoms with Gasteiger partial charge < -0.3 is 14.8 Å². The number of thiocarbonyl (C=S) groups is 1. The van der Waals surface area contributed by atoms with Crippen LogP contribution in [0.3, 0.4) is 0 Å². The summed E-state index contributed by atoms with van der Waals surface area (Å²) in [5.74, 6) is -0.419. The number of allylic oxidation sites excluding steroid dienone is 1. The van der Waals surface area contributed by atoms with Crippen LogP contribution >= 0.6 is 23.8 Å². The second-order valence-corrected chi connectivity index (χ2v) is 7.56. The first-order valence-electron chi connectivity index (χ1n) is 9.22. The largest absolute Gasteiger partial charge is 0.460 e. The van der Waals surface area contributed by atoms with Gasteiger partial charge in [0.2, 0.25) is 0 Å². The smallest absolute Gasteiger partial charge is 0.338 e. The maximum absolute atomic E-state index is 13.0. The lowest BCUT2D eigenvalue weighted by Crippen LogP contribution is -2.48. The van der Waals surface area contributed by atoms with E-state index in [1.807, 2.05) is 61.2 Å². The van der Waals surface area contributed by atoms with E-state index in [4.69, 9.17) is 33.3 Å². The summed E-state index contributed by atoms with van der Waals surface area (Å²) >= 11 is 11.8. The van der Waals surface area contributed by atoms with Crippen molar-refractivity contribution in [2.45, 2.75) is 19.9 Å². The highest BCUT2D eigenvalue weighted by atomic mass is 35.5. The zero-order valence-electron chi connectivity index (χ0n) is 16.6. The Hall–Kier alpha value is -2.41. The lowest BCUT2D eigenvalue weighted by molar-refractivity contribution is -0.140. The molecule has 0 fully saturated rings. The Morgan fingerprint density at radius 2 is 1.93 bits per heavy atom. The number of esters is 1. The van der Waals surface area contributed by atoms with E-state index < -0.39 is 12.0 Å². The molecule has 3 rings (SSSR count). The maximum atomic E-state index is 13.0. The van der Waals surface area contributed by atoms with Gasteiger partial charge in [-0.3, -0.25) is 4.90 Å². The average Bonchev–Trinajstić information content (AvgIpc) is 2.67. The number of rotatable bonds is 6. The highest BCUT2D eigenvalue weighted by Gasteiger charge is 2.35. The van der Waals surface area contributed by atoms with Crippen molar-refractivity contribution in [3.63, 3.8) is 0 Å². The van der Waals surface area contributed by atoms with E-state index >= 15 is 0 Å². The molecule has 2 aromatic carbocycles. The molecule has 0 bridgehead atoms. The highest BCUT2D eigenvalue weighted by molar-refractivity contribution is 7.80. The average molecular weight is 431 g/mol. The number of halogens is 1. The topological polar surface area (TPSA) is 50.8 Å². The van der Waals surface area contributed by atoms with E-state index in [1.54, 1.807) is 13.2 Å². The second kappa shape index (κ2) is 9.39. The summed E-state index contributed by atoms with van der Waals surface area (Å²) in [6, 6.07) is 14.8. The lowest BCUT2D eigenvalue weighted by Gasteiger charge is -2.37. The number of anilines is 1. The first kappa shape index (κ1) is 21.3. The number of nitrogens with zero attached hydrogens (tertiary/aromatic N) is 1. The molecule has 0 radical (unpaired) electrons. The van der Waals surface area contributed by atoms with Crippen LogP contribution in [0.25, 0.3) is 0 Å². The van der Waals surface area contributed by atoms with Crippen molar-refractivity contribution in [2.75, 3.05) is 25.2 Å². The molecular weight excluding hydrogens is 408 g/mol. The van der Waals surface area contributed by atoms with Gasteiger partial charge >= 0.3 is 5.97 Å². The van der Waals surface area contributed by atoms with Crippen LogP contribution in [0, 0.1) is 6.92 Å². The Kier molecular flexibility index (Phi) is 6.90. The van der Waals surface area contributed by atoms with Crippen molar-refractivity contribution in [3.8, 4) is 0 Å². The number of hydrogen-bond acceptors (Lipinski definition) is 4. The summed E-state index contributed by atoms with van der Waals surface area (Å²) in [6.07, 6.45) is 0. The minimum Gasteiger partial charge on any atom is -0.460 e. The fraction of sp³-hybridized carbons (Fsp3) is 0.273. The normalized spacial score (nSPS) is 16.6. The third-order valence-corrected chi connectivity index (χ3v) is 5.20. The molecule has 0 saturated heterocycles. The van der Waals surface area contributed by atoms with Crippen molar-refractivity contribution in [1.29, 1.82) is 0 Å². The van der Waals surface area contributed by atoms with E-state index in [-0.39, 0.29) is 6.61 Å². The molecule has 0 amide bonds. The van der Waals surface area contributed by atoms with Gasteiger partial charge in [0.15, 0.2) is 5.11 Å². The maximum Gasteiger partial charge on any atom is 0.338 e. The van der Waals surface area contributed by atoms with Crippen LogP contribution < -0.4 is 10.2 Å². The minimum absolute atomic E-state index is 0.170. The van der Waals surface area contributed by atoms with Crippen molar-refractivity contribution in [2.24, 2.45) is 0 Å². The molecule has 5 nitrogen and oxygen atoms in total. The third-order valence-electron chi connectivity index (χ3n) is 4.67. The van der Waals surface area contributed by atoms with Gasteiger partial charge in [-0.25, -0.2) is 4.79 Å². The van der Waals surface area contributed by atoms with Gasteiger partial charge in [-0.05, 0) is 61.5 Å². The quantitative estimate of drug-likeness (QED) is 0.412. The molecular formula is C22H23ClN2O3S. The van der Waals surface area contributed by atoms with Crippen LogP contribution in [0.2, 0.25) is 5.02 Å². The fourth-order valence-corrected chi connectivity index (χ4v) is 3.88. The Morgan fingerprint density at radius 3 is 2.62 bits per heavy atom. The van der Waals surface area contributed by atoms with Crippen LogP contribution in [0.4, 0.5) is 5.69 Å². The molecule has 0 aromatic heterocycles. The number of hydrogen-bond donors (Lipinski definition) is 1. The van der Waals surface area contributed by atoms with Crippen LogP contribution in [0.1, 0.15) is 24.1 Å². The zero-order chi connectivity index (χ0) is 21.0. The van der Waals surface area contributed by atoms with Gasteiger partial charge in [0.05, 0.1) is 18.2 Å². The molecule has 1 heterocycles. The van der Waals surface area contributed by atoms with Crippen molar-refractivity contribution < 1.29 is 14.3 Å². The molecule has 1 unspecified atom stereocenters. The predicted molar refractivity (Wildman–Crippen MR) is 119 cm³/mol. The Labute approximate surface area is 181 Å².